The van der Waals surface area contributed by atoms with Crippen molar-refractivity contribution in [3.05, 3.63) is 11.6 Å². The molecule has 108 valence electrons. The van der Waals surface area contributed by atoms with Crippen molar-refractivity contribution < 1.29 is 14.3 Å². The van der Waals surface area contributed by atoms with Gasteiger partial charge in [-0.25, -0.2) is 4.79 Å². The van der Waals surface area contributed by atoms with E-state index in [0.29, 0.717) is 12.8 Å². The van der Waals surface area contributed by atoms with Crippen molar-refractivity contribution in [3.63, 3.8) is 0 Å². The number of hydrogen-bond donors (Lipinski definition) is 1. The second-order valence-corrected chi connectivity index (χ2v) is 5.41. The predicted molar refractivity (Wildman–Crippen MR) is 74.6 cm³/mol. The lowest BCUT2D eigenvalue weighted by molar-refractivity contribution is -0.150. The van der Waals surface area contributed by atoms with Gasteiger partial charge < -0.3 is 10.1 Å². The molecule has 4 nitrogen and oxygen atoms in total. The highest BCUT2D eigenvalue weighted by atomic mass is 16.5. The van der Waals surface area contributed by atoms with Gasteiger partial charge in [-0.3, -0.25) is 4.79 Å². The molecule has 0 aliphatic heterocycles. The van der Waals surface area contributed by atoms with Gasteiger partial charge in [0.25, 0.3) is 0 Å². The number of nitrogens with one attached hydrogen (secondary N) is 1. The average molecular weight is 267 g/mol. The third kappa shape index (κ3) is 4.69. The molecule has 1 aliphatic rings. The number of carbonyl (C=O) groups is 2. The summed E-state index contributed by atoms with van der Waals surface area (Å²) in [6, 6.07) is 0. The molecule has 1 unspecified atom stereocenters. The summed E-state index contributed by atoms with van der Waals surface area (Å²) < 4.78 is 4.79. The van der Waals surface area contributed by atoms with E-state index < -0.39 is 5.54 Å². The number of esters is 1. The molecule has 0 bridgehead atoms. The fraction of sp³-hybridized carbons (Fsp3) is 0.733. The molecule has 0 radical (unpaired) electrons. The van der Waals surface area contributed by atoms with E-state index in [1.807, 2.05) is 6.92 Å². The summed E-state index contributed by atoms with van der Waals surface area (Å²) in [5.41, 5.74) is 0.281. The Morgan fingerprint density at radius 3 is 2.68 bits per heavy atom. The first-order valence-corrected chi connectivity index (χ1v) is 7.09. The van der Waals surface area contributed by atoms with Gasteiger partial charge in [0.1, 0.15) is 5.54 Å². The molecule has 0 heterocycles. The number of amides is 1. The van der Waals surface area contributed by atoms with Gasteiger partial charge in [-0.05, 0) is 39.0 Å². The van der Waals surface area contributed by atoms with E-state index in [-0.39, 0.29) is 11.9 Å². The molecule has 0 aromatic heterocycles. The standard InChI is InChI=1S/C15H25NO3/c1-4-10-15(2,14(18)19-3)16-13(17)11-12-8-6-5-7-9-12/h8H,4-7,9-11H2,1-3H3,(H,16,17). The number of hydrogen-bond acceptors (Lipinski definition) is 3. The van der Waals surface area contributed by atoms with Gasteiger partial charge in [0.2, 0.25) is 5.91 Å². The summed E-state index contributed by atoms with van der Waals surface area (Å²) in [5, 5.41) is 2.84. The predicted octanol–water partition coefficient (Wildman–Crippen LogP) is 2.72. The highest BCUT2D eigenvalue weighted by Crippen LogP contribution is 2.21. The van der Waals surface area contributed by atoms with Crippen LogP contribution in [-0.4, -0.2) is 24.5 Å². The van der Waals surface area contributed by atoms with Crippen LogP contribution in [0.25, 0.3) is 0 Å². The molecule has 0 saturated heterocycles. The second-order valence-electron chi connectivity index (χ2n) is 5.41. The van der Waals surface area contributed by atoms with Crippen LogP contribution in [0.2, 0.25) is 0 Å². The molecular formula is C15H25NO3. The Morgan fingerprint density at radius 2 is 2.16 bits per heavy atom. The van der Waals surface area contributed by atoms with Crippen LogP contribution >= 0.6 is 0 Å². The van der Waals surface area contributed by atoms with Crippen LogP contribution in [0.4, 0.5) is 0 Å². The molecule has 0 fully saturated rings. The highest BCUT2D eigenvalue weighted by molar-refractivity contribution is 5.88. The fourth-order valence-electron chi connectivity index (χ4n) is 2.56. The van der Waals surface area contributed by atoms with Gasteiger partial charge in [0.05, 0.1) is 7.11 Å². The normalized spacial score (nSPS) is 18.2. The molecule has 0 spiro atoms. The third-order valence-corrected chi connectivity index (χ3v) is 3.57. The Balaban J connectivity index is 2.60. The minimum absolute atomic E-state index is 0.0884. The SMILES string of the molecule is CCCC(C)(NC(=O)CC1=CCCCC1)C(=O)OC. The van der Waals surface area contributed by atoms with Crippen molar-refractivity contribution in [3.8, 4) is 0 Å². The van der Waals surface area contributed by atoms with E-state index in [0.717, 1.165) is 25.7 Å². The first-order chi connectivity index (χ1) is 9.01. The average Bonchev–Trinajstić information content (AvgIpc) is 2.38. The van der Waals surface area contributed by atoms with Crippen molar-refractivity contribution >= 4 is 11.9 Å². The quantitative estimate of drug-likeness (QED) is 0.594. The van der Waals surface area contributed by atoms with Crippen molar-refractivity contribution in [2.75, 3.05) is 7.11 Å². The van der Waals surface area contributed by atoms with Crippen molar-refractivity contribution in [2.45, 2.75) is 64.3 Å². The summed E-state index contributed by atoms with van der Waals surface area (Å²) in [7, 11) is 1.35. The van der Waals surface area contributed by atoms with E-state index in [9.17, 15) is 9.59 Å². The van der Waals surface area contributed by atoms with Gasteiger partial charge in [0, 0.05) is 6.42 Å². The van der Waals surface area contributed by atoms with Gasteiger partial charge >= 0.3 is 5.97 Å². The molecule has 0 saturated carbocycles. The first-order valence-electron chi connectivity index (χ1n) is 7.09. The largest absolute Gasteiger partial charge is 0.467 e. The summed E-state index contributed by atoms with van der Waals surface area (Å²) in [6.45, 7) is 3.71. The fourth-order valence-corrected chi connectivity index (χ4v) is 2.56. The molecular weight excluding hydrogens is 242 g/mol. The van der Waals surface area contributed by atoms with E-state index in [1.54, 1.807) is 6.92 Å². The maximum atomic E-state index is 12.1. The van der Waals surface area contributed by atoms with Crippen LogP contribution in [0.15, 0.2) is 11.6 Å². The Bertz CT molecular complexity index is 362. The Labute approximate surface area is 115 Å². The molecule has 0 aromatic rings. The molecule has 1 aliphatic carbocycles. The van der Waals surface area contributed by atoms with Crippen molar-refractivity contribution in [1.82, 2.24) is 5.32 Å². The van der Waals surface area contributed by atoms with Crippen LogP contribution < -0.4 is 5.32 Å². The van der Waals surface area contributed by atoms with Crippen molar-refractivity contribution in [2.24, 2.45) is 0 Å². The number of methoxy groups -OCH3 is 1. The van der Waals surface area contributed by atoms with Crippen molar-refractivity contribution in [1.29, 1.82) is 0 Å². The lowest BCUT2D eigenvalue weighted by atomic mass is 9.94. The molecule has 1 rings (SSSR count). The number of ether oxygens (including phenoxy) is 1. The molecule has 19 heavy (non-hydrogen) atoms. The van der Waals surface area contributed by atoms with Gasteiger partial charge in [-0.2, -0.15) is 0 Å². The topological polar surface area (TPSA) is 55.4 Å². The van der Waals surface area contributed by atoms with Crippen LogP contribution in [0.3, 0.4) is 0 Å². The van der Waals surface area contributed by atoms with Gasteiger partial charge in [-0.15, -0.1) is 0 Å². The van der Waals surface area contributed by atoms with Crippen LogP contribution in [-0.2, 0) is 14.3 Å². The zero-order valence-corrected chi connectivity index (χ0v) is 12.3. The third-order valence-electron chi connectivity index (χ3n) is 3.57. The first kappa shape index (κ1) is 15.7. The zero-order valence-electron chi connectivity index (χ0n) is 12.3. The van der Waals surface area contributed by atoms with E-state index in [4.69, 9.17) is 4.74 Å². The Hall–Kier alpha value is -1.32. The lowest BCUT2D eigenvalue weighted by Gasteiger charge is -2.28. The Morgan fingerprint density at radius 1 is 1.42 bits per heavy atom. The van der Waals surface area contributed by atoms with Gasteiger partial charge in [0.15, 0.2) is 0 Å². The van der Waals surface area contributed by atoms with E-state index in [2.05, 4.69) is 11.4 Å². The molecule has 1 atom stereocenters. The minimum atomic E-state index is -0.907. The maximum absolute atomic E-state index is 12.1. The minimum Gasteiger partial charge on any atom is -0.467 e. The number of rotatable bonds is 6. The molecule has 4 heteroatoms. The van der Waals surface area contributed by atoms with Crippen LogP contribution in [0, 0.1) is 0 Å². The molecule has 0 aromatic carbocycles. The van der Waals surface area contributed by atoms with E-state index in [1.165, 1.54) is 19.1 Å². The van der Waals surface area contributed by atoms with Crippen LogP contribution in [0.1, 0.15) is 58.8 Å². The smallest absolute Gasteiger partial charge is 0.331 e. The lowest BCUT2D eigenvalue weighted by Crippen LogP contribution is -2.52. The Kier molecular flexibility index (Phi) is 6.06. The highest BCUT2D eigenvalue weighted by Gasteiger charge is 2.35. The summed E-state index contributed by atoms with van der Waals surface area (Å²) in [5.74, 6) is -0.463. The van der Waals surface area contributed by atoms with Gasteiger partial charge in [-0.1, -0.05) is 25.0 Å². The van der Waals surface area contributed by atoms with E-state index >= 15 is 0 Å². The zero-order chi connectivity index (χ0) is 14.3. The number of carbonyl (C=O) groups excluding carboxylic acids is 2. The molecule has 1 amide bonds. The maximum Gasteiger partial charge on any atom is 0.331 e. The second kappa shape index (κ2) is 7.31. The van der Waals surface area contributed by atoms with Crippen LogP contribution in [0.5, 0.6) is 0 Å². The summed E-state index contributed by atoms with van der Waals surface area (Å²) in [6.07, 6.45) is 8.37. The number of allylic oxidation sites excluding steroid dienone is 1. The monoisotopic (exact) mass is 267 g/mol. The molecule has 1 N–H and O–H groups in total. The summed E-state index contributed by atoms with van der Waals surface area (Å²) >= 11 is 0. The summed E-state index contributed by atoms with van der Waals surface area (Å²) in [4.78, 5) is 23.9.